The summed E-state index contributed by atoms with van der Waals surface area (Å²) in [5.74, 6) is 0.000253. The van der Waals surface area contributed by atoms with Crippen LogP contribution >= 0.6 is 0 Å². The Balaban J connectivity index is 1.31. The number of carbonyl (C=O) groups is 1. The number of hydrogen-bond donors (Lipinski definition) is 2. The molecule has 0 saturated carbocycles. The molecule has 2 N–H and O–H groups in total. The number of hydrogen-bond acceptors (Lipinski definition) is 3. The van der Waals surface area contributed by atoms with Gasteiger partial charge in [-0.25, -0.2) is 4.98 Å². The first-order valence-corrected chi connectivity index (χ1v) is 10.8. The standard InChI is InChI=1S/C27H22N4O/c1-17-2-3-19(14-17)18-4-7-22(8-5-18)30-24-10-11-25(31-13-12-28-26(24)31)20-6-9-23-21(15-20)16-29-27(23)32/h3-15,30H,2,16H2,1H3,(H,29,32). The van der Waals surface area contributed by atoms with Gasteiger partial charge in [-0.15, -0.1) is 0 Å². The molecule has 2 aromatic heterocycles. The van der Waals surface area contributed by atoms with Crippen molar-refractivity contribution in [3.63, 3.8) is 0 Å². The summed E-state index contributed by atoms with van der Waals surface area (Å²) >= 11 is 0. The van der Waals surface area contributed by atoms with Crippen LogP contribution in [0.2, 0.25) is 0 Å². The van der Waals surface area contributed by atoms with Crippen molar-refractivity contribution in [3.05, 3.63) is 101 Å². The van der Waals surface area contributed by atoms with E-state index in [9.17, 15) is 4.79 Å². The quantitative estimate of drug-likeness (QED) is 0.445. The van der Waals surface area contributed by atoms with Crippen LogP contribution in [0.25, 0.3) is 22.5 Å². The molecule has 32 heavy (non-hydrogen) atoms. The summed E-state index contributed by atoms with van der Waals surface area (Å²) in [6, 6.07) is 18.7. The van der Waals surface area contributed by atoms with Crippen molar-refractivity contribution in [2.45, 2.75) is 19.9 Å². The van der Waals surface area contributed by atoms with Gasteiger partial charge in [-0.05, 0) is 72.0 Å². The molecule has 6 rings (SSSR count). The summed E-state index contributed by atoms with van der Waals surface area (Å²) in [5, 5.41) is 6.39. The lowest BCUT2D eigenvalue weighted by Gasteiger charge is -2.13. The smallest absolute Gasteiger partial charge is 0.251 e. The fourth-order valence-electron chi connectivity index (χ4n) is 4.50. The zero-order chi connectivity index (χ0) is 21.7. The van der Waals surface area contributed by atoms with Gasteiger partial charge in [0.2, 0.25) is 0 Å². The van der Waals surface area contributed by atoms with Crippen LogP contribution in [0.15, 0.2) is 84.7 Å². The summed E-state index contributed by atoms with van der Waals surface area (Å²) in [4.78, 5) is 16.5. The Morgan fingerprint density at radius 2 is 1.88 bits per heavy atom. The van der Waals surface area contributed by atoms with Crippen LogP contribution in [-0.4, -0.2) is 15.3 Å². The molecule has 2 aliphatic rings. The SMILES string of the molecule is CC1=CC(c2ccc(Nc3ccc(-c4ccc5c(c4)CNC5=O)n4ccnc34)cc2)=CC1. The zero-order valence-electron chi connectivity index (χ0n) is 17.7. The Morgan fingerprint density at radius 1 is 1.03 bits per heavy atom. The van der Waals surface area contributed by atoms with Gasteiger partial charge in [0.05, 0.1) is 11.4 Å². The monoisotopic (exact) mass is 418 g/mol. The lowest BCUT2D eigenvalue weighted by Crippen LogP contribution is -2.12. The van der Waals surface area contributed by atoms with Crippen LogP contribution in [-0.2, 0) is 6.54 Å². The summed E-state index contributed by atoms with van der Waals surface area (Å²) in [6.45, 7) is 2.75. The first kappa shape index (κ1) is 18.6. The normalized spacial score (nSPS) is 14.8. The van der Waals surface area contributed by atoms with E-state index in [4.69, 9.17) is 0 Å². The molecule has 4 aromatic rings. The van der Waals surface area contributed by atoms with E-state index in [1.807, 2.05) is 24.5 Å². The molecule has 3 heterocycles. The second-order valence-corrected chi connectivity index (χ2v) is 8.36. The number of allylic oxidation sites excluding steroid dienone is 4. The number of amides is 1. The molecule has 156 valence electrons. The summed E-state index contributed by atoms with van der Waals surface area (Å²) < 4.78 is 2.08. The highest BCUT2D eigenvalue weighted by Crippen LogP contribution is 2.31. The van der Waals surface area contributed by atoms with Gasteiger partial charge >= 0.3 is 0 Å². The van der Waals surface area contributed by atoms with Gasteiger partial charge in [-0.1, -0.05) is 35.9 Å². The minimum Gasteiger partial charge on any atom is -0.352 e. The number of nitrogens with one attached hydrogen (secondary N) is 2. The van der Waals surface area contributed by atoms with Crippen LogP contribution in [0.3, 0.4) is 0 Å². The van der Waals surface area contributed by atoms with Crippen LogP contribution in [0, 0.1) is 0 Å². The number of pyridine rings is 1. The van der Waals surface area contributed by atoms with Gasteiger partial charge in [-0.3, -0.25) is 9.20 Å². The molecule has 5 nitrogen and oxygen atoms in total. The van der Waals surface area contributed by atoms with Gasteiger partial charge in [-0.2, -0.15) is 0 Å². The van der Waals surface area contributed by atoms with Crippen molar-refractivity contribution in [2.75, 3.05) is 5.32 Å². The third kappa shape index (κ3) is 3.10. The predicted molar refractivity (Wildman–Crippen MR) is 128 cm³/mol. The third-order valence-corrected chi connectivity index (χ3v) is 6.18. The number of nitrogens with zero attached hydrogens (tertiary/aromatic N) is 2. The Bertz CT molecular complexity index is 1440. The van der Waals surface area contributed by atoms with E-state index in [1.165, 1.54) is 16.7 Å². The van der Waals surface area contributed by atoms with E-state index in [1.54, 1.807) is 0 Å². The Morgan fingerprint density at radius 3 is 2.69 bits per heavy atom. The fourth-order valence-corrected chi connectivity index (χ4v) is 4.50. The van der Waals surface area contributed by atoms with Crippen molar-refractivity contribution in [1.29, 1.82) is 0 Å². The van der Waals surface area contributed by atoms with E-state index < -0.39 is 0 Å². The highest BCUT2D eigenvalue weighted by Gasteiger charge is 2.19. The summed E-state index contributed by atoms with van der Waals surface area (Å²) in [6.07, 6.45) is 9.34. The lowest BCUT2D eigenvalue weighted by atomic mass is 10.0. The van der Waals surface area contributed by atoms with Crippen LogP contribution in [0.4, 0.5) is 11.4 Å². The summed E-state index contributed by atoms with van der Waals surface area (Å²) in [7, 11) is 0. The molecule has 1 aliphatic heterocycles. The van der Waals surface area contributed by atoms with Gasteiger partial charge in [0, 0.05) is 30.2 Å². The highest BCUT2D eigenvalue weighted by molar-refractivity contribution is 5.99. The van der Waals surface area contributed by atoms with Gasteiger partial charge in [0.1, 0.15) is 0 Å². The topological polar surface area (TPSA) is 58.4 Å². The fraction of sp³-hybridized carbons (Fsp3) is 0.111. The molecule has 0 radical (unpaired) electrons. The van der Waals surface area contributed by atoms with Crippen molar-refractivity contribution in [1.82, 2.24) is 14.7 Å². The third-order valence-electron chi connectivity index (χ3n) is 6.18. The minimum atomic E-state index is 0.000253. The van der Waals surface area contributed by atoms with E-state index in [2.05, 4.69) is 81.6 Å². The van der Waals surface area contributed by atoms with Crippen molar-refractivity contribution < 1.29 is 4.79 Å². The van der Waals surface area contributed by atoms with E-state index in [0.29, 0.717) is 6.54 Å². The van der Waals surface area contributed by atoms with Crippen LogP contribution < -0.4 is 10.6 Å². The average molecular weight is 419 g/mol. The number of aromatic nitrogens is 2. The van der Waals surface area contributed by atoms with E-state index >= 15 is 0 Å². The zero-order valence-corrected chi connectivity index (χ0v) is 17.7. The molecule has 5 heteroatoms. The molecule has 1 amide bonds. The number of fused-ring (bicyclic) bond motifs is 2. The van der Waals surface area contributed by atoms with Gasteiger partial charge < -0.3 is 10.6 Å². The maximum absolute atomic E-state index is 11.9. The second kappa shape index (κ2) is 7.24. The molecule has 0 atom stereocenters. The van der Waals surface area contributed by atoms with Gasteiger partial charge in [0.15, 0.2) is 5.65 Å². The number of benzene rings is 2. The molecule has 2 aromatic carbocycles. The Kier molecular flexibility index (Phi) is 4.21. The molecule has 1 aliphatic carbocycles. The maximum Gasteiger partial charge on any atom is 0.251 e. The molecule has 0 bridgehead atoms. The van der Waals surface area contributed by atoms with Crippen LogP contribution in [0.1, 0.15) is 34.8 Å². The molecular weight excluding hydrogens is 396 g/mol. The van der Waals surface area contributed by atoms with E-state index in [-0.39, 0.29) is 5.91 Å². The number of imidazole rings is 1. The number of anilines is 2. The maximum atomic E-state index is 11.9. The molecule has 0 spiro atoms. The Labute approximate surface area is 186 Å². The molecule has 0 fully saturated rings. The minimum absolute atomic E-state index is 0.000253. The predicted octanol–water partition coefficient (Wildman–Crippen LogP) is 5.72. The van der Waals surface area contributed by atoms with Crippen molar-refractivity contribution >= 4 is 28.5 Å². The largest absolute Gasteiger partial charge is 0.352 e. The number of rotatable bonds is 4. The van der Waals surface area contributed by atoms with Crippen molar-refractivity contribution in [2.24, 2.45) is 0 Å². The van der Waals surface area contributed by atoms with Crippen molar-refractivity contribution in [3.8, 4) is 11.3 Å². The highest BCUT2D eigenvalue weighted by atomic mass is 16.1. The second-order valence-electron chi connectivity index (χ2n) is 8.36. The lowest BCUT2D eigenvalue weighted by molar-refractivity contribution is 0.0966. The number of carbonyl (C=O) groups excluding carboxylic acids is 1. The first-order chi connectivity index (χ1) is 15.7. The molecular formula is C27H22N4O. The summed E-state index contributed by atoms with van der Waals surface area (Å²) in [5.41, 5.74) is 10.6. The Hall–Kier alpha value is -4.12. The molecule has 0 saturated heterocycles. The first-order valence-electron chi connectivity index (χ1n) is 10.8. The molecule has 0 unspecified atom stereocenters. The van der Waals surface area contributed by atoms with Gasteiger partial charge in [0.25, 0.3) is 5.91 Å². The van der Waals surface area contributed by atoms with E-state index in [0.717, 1.165) is 45.8 Å². The van der Waals surface area contributed by atoms with Crippen LogP contribution in [0.5, 0.6) is 0 Å². The average Bonchev–Trinajstić information content (AvgIpc) is 3.55.